The first-order valence-electron chi connectivity index (χ1n) is 6.17. The zero-order valence-electron chi connectivity index (χ0n) is 11.6. The molecule has 0 spiro atoms. The van der Waals surface area contributed by atoms with E-state index in [1.807, 2.05) is 6.92 Å². The number of nitrogens with zero attached hydrogens (tertiary/aromatic N) is 1. The summed E-state index contributed by atoms with van der Waals surface area (Å²) in [4.78, 5) is 13.7. The number of hydrogen-bond acceptors (Lipinski definition) is 3. The van der Waals surface area contributed by atoms with Crippen LogP contribution in [-0.4, -0.2) is 43.2 Å². The number of ether oxygens (including phenoxy) is 1. The highest BCUT2D eigenvalue weighted by Crippen LogP contribution is 2.19. The van der Waals surface area contributed by atoms with Gasteiger partial charge in [0.05, 0.1) is 19.3 Å². The Morgan fingerprint density at radius 2 is 2.21 bits per heavy atom. The summed E-state index contributed by atoms with van der Waals surface area (Å²) in [6.45, 7) is 2.59. The summed E-state index contributed by atoms with van der Waals surface area (Å²) in [5.41, 5.74) is 1.24. The second kappa shape index (κ2) is 7.45. The van der Waals surface area contributed by atoms with Crippen LogP contribution in [-0.2, 0) is 0 Å². The molecule has 0 saturated carbocycles. The van der Waals surface area contributed by atoms with Crippen molar-refractivity contribution in [1.82, 2.24) is 4.90 Å². The zero-order chi connectivity index (χ0) is 14.3. The maximum atomic E-state index is 12.1. The average molecular weight is 261 g/mol. The standard InChI is InChI=1S/C15H19NO3/c1-4-16(2)15(18)13-8-9-14(19-3)12(11-13)7-5-6-10-17/h8-9,11,17H,4,6,10H2,1-3H3. The van der Waals surface area contributed by atoms with Crippen LogP contribution in [0.2, 0.25) is 0 Å². The lowest BCUT2D eigenvalue weighted by Crippen LogP contribution is -2.26. The first kappa shape index (κ1) is 15.1. The first-order valence-corrected chi connectivity index (χ1v) is 6.17. The quantitative estimate of drug-likeness (QED) is 0.836. The van der Waals surface area contributed by atoms with E-state index in [2.05, 4.69) is 11.8 Å². The van der Waals surface area contributed by atoms with Crippen molar-refractivity contribution in [3.05, 3.63) is 29.3 Å². The van der Waals surface area contributed by atoms with Crippen molar-refractivity contribution in [2.75, 3.05) is 27.3 Å². The van der Waals surface area contributed by atoms with E-state index in [9.17, 15) is 4.79 Å². The lowest BCUT2D eigenvalue weighted by atomic mass is 10.1. The van der Waals surface area contributed by atoms with Crippen molar-refractivity contribution < 1.29 is 14.6 Å². The van der Waals surface area contributed by atoms with Crippen LogP contribution in [0.15, 0.2) is 18.2 Å². The van der Waals surface area contributed by atoms with Gasteiger partial charge in [-0.2, -0.15) is 0 Å². The summed E-state index contributed by atoms with van der Waals surface area (Å²) in [5, 5.41) is 8.72. The normalized spacial score (nSPS) is 9.47. The highest BCUT2D eigenvalue weighted by Gasteiger charge is 2.12. The molecule has 0 aliphatic rings. The number of aliphatic hydroxyl groups excluding tert-OH is 1. The van der Waals surface area contributed by atoms with Gasteiger partial charge in [0.1, 0.15) is 5.75 Å². The molecule has 0 fully saturated rings. The highest BCUT2D eigenvalue weighted by atomic mass is 16.5. The molecule has 0 atom stereocenters. The van der Waals surface area contributed by atoms with Crippen LogP contribution < -0.4 is 4.74 Å². The van der Waals surface area contributed by atoms with Crippen molar-refractivity contribution in [3.8, 4) is 17.6 Å². The molecule has 0 bridgehead atoms. The molecule has 0 radical (unpaired) electrons. The maximum absolute atomic E-state index is 12.1. The van der Waals surface area contributed by atoms with Crippen molar-refractivity contribution in [3.63, 3.8) is 0 Å². The van der Waals surface area contributed by atoms with Crippen molar-refractivity contribution in [2.45, 2.75) is 13.3 Å². The molecular formula is C15H19NO3. The molecule has 1 aromatic rings. The van der Waals surface area contributed by atoms with Crippen LogP contribution in [0.25, 0.3) is 0 Å². The maximum Gasteiger partial charge on any atom is 0.253 e. The van der Waals surface area contributed by atoms with E-state index in [0.29, 0.717) is 29.8 Å². The third-order valence-electron chi connectivity index (χ3n) is 2.73. The minimum Gasteiger partial charge on any atom is -0.495 e. The van der Waals surface area contributed by atoms with Crippen LogP contribution in [0.5, 0.6) is 5.75 Å². The Labute approximate surface area is 114 Å². The van der Waals surface area contributed by atoms with Gasteiger partial charge in [0.15, 0.2) is 0 Å². The van der Waals surface area contributed by atoms with Crippen LogP contribution in [0.3, 0.4) is 0 Å². The van der Waals surface area contributed by atoms with Gasteiger partial charge >= 0.3 is 0 Å². The van der Waals surface area contributed by atoms with Gasteiger partial charge in [-0.15, -0.1) is 0 Å². The Morgan fingerprint density at radius 1 is 1.47 bits per heavy atom. The second-order valence-electron chi connectivity index (χ2n) is 4.01. The smallest absolute Gasteiger partial charge is 0.253 e. The van der Waals surface area contributed by atoms with E-state index in [0.717, 1.165) is 0 Å². The molecule has 0 unspecified atom stereocenters. The summed E-state index contributed by atoms with van der Waals surface area (Å²) in [5.74, 6) is 6.32. The average Bonchev–Trinajstić information content (AvgIpc) is 2.45. The number of carbonyl (C=O) groups excluding carboxylic acids is 1. The third kappa shape index (κ3) is 4.01. The Bertz CT molecular complexity index is 500. The van der Waals surface area contributed by atoms with Gasteiger partial charge in [-0.05, 0) is 25.1 Å². The SMILES string of the molecule is CCN(C)C(=O)c1ccc(OC)c(C#CCCO)c1. The van der Waals surface area contributed by atoms with E-state index in [1.165, 1.54) is 0 Å². The molecule has 0 aromatic heterocycles. The summed E-state index contributed by atoms with van der Waals surface area (Å²) < 4.78 is 5.21. The van der Waals surface area contributed by atoms with Gasteiger partial charge in [-0.3, -0.25) is 4.79 Å². The van der Waals surface area contributed by atoms with Crippen LogP contribution in [0, 0.1) is 11.8 Å². The monoisotopic (exact) mass is 261 g/mol. The van der Waals surface area contributed by atoms with Crippen LogP contribution >= 0.6 is 0 Å². The number of benzene rings is 1. The molecule has 4 nitrogen and oxygen atoms in total. The Balaban J connectivity index is 3.08. The number of hydrogen-bond donors (Lipinski definition) is 1. The molecule has 0 aliphatic heterocycles. The molecule has 0 heterocycles. The molecule has 0 aliphatic carbocycles. The lowest BCUT2D eigenvalue weighted by Gasteiger charge is -2.15. The predicted octanol–water partition coefficient (Wildman–Crippen LogP) is 1.52. The molecule has 102 valence electrons. The molecule has 19 heavy (non-hydrogen) atoms. The minimum atomic E-state index is -0.0460. The number of rotatable bonds is 4. The fourth-order valence-corrected chi connectivity index (χ4v) is 1.52. The number of methoxy groups -OCH3 is 1. The van der Waals surface area contributed by atoms with Crippen LogP contribution in [0.4, 0.5) is 0 Å². The summed E-state index contributed by atoms with van der Waals surface area (Å²) >= 11 is 0. The van der Waals surface area contributed by atoms with E-state index in [-0.39, 0.29) is 12.5 Å². The van der Waals surface area contributed by atoms with Crippen molar-refractivity contribution in [1.29, 1.82) is 0 Å². The Kier molecular flexibility index (Phi) is 5.91. The minimum absolute atomic E-state index is 0.0203. The van der Waals surface area contributed by atoms with Gasteiger partial charge in [0.2, 0.25) is 0 Å². The molecule has 1 aromatic carbocycles. The molecule has 4 heteroatoms. The molecular weight excluding hydrogens is 242 g/mol. The van der Waals surface area contributed by atoms with Gasteiger partial charge < -0.3 is 14.7 Å². The van der Waals surface area contributed by atoms with Gasteiger partial charge in [0, 0.05) is 25.6 Å². The van der Waals surface area contributed by atoms with Gasteiger partial charge in [-0.25, -0.2) is 0 Å². The molecule has 0 saturated heterocycles. The first-order chi connectivity index (χ1) is 9.13. The second-order valence-corrected chi connectivity index (χ2v) is 4.01. The predicted molar refractivity (Wildman–Crippen MR) is 74.2 cm³/mol. The topological polar surface area (TPSA) is 49.8 Å². The van der Waals surface area contributed by atoms with E-state index in [1.54, 1.807) is 37.3 Å². The van der Waals surface area contributed by atoms with Crippen LogP contribution in [0.1, 0.15) is 29.3 Å². The zero-order valence-corrected chi connectivity index (χ0v) is 11.6. The van der Waals surface area contributed by atoms with Crippen molar-refractivity contribution in [2.24, 2.45) is 0 Å². The number of aliphatic hydroxyl groups is 1. The fourth-order valence-electron chi connectivity index (χ4n) is 1.52. The third-order valence-corrected chi connectivity index (χ3v) is 2.73. The largest absolute Gasteiger partial charge is 0.495 e. The molecule has 1 rings (SSSR count). The number of amides is 1. The van der Waals surface area contributed by atoms with E-state index >= 15 is 0 Å². The summed E-state index contributed by atoms with van der Waals surface area (Å²) in [6, 6.07) is 5.18. The molecule has 1 N–H and O–H groups in total. The van der Waals surface area contributed by atoms with E-state index in [4.69, 9.17) is 9.84 Å². The Hall–Kier alpha value is -1.99. The summed E-state index contributed by atoms with van der Waals surface area (Å²) in [6.07, 6.45) is 0.399. The van der Waals surface area contributed by atoms with E-state index < -0.39 is 0 Å². The molecule has 1 amide bonds. The number of carbonyl (C=O) groups is 1. The highest BCUT2D eigenvalue weighted by molar-refractivity contribution is 5.94. The Morgan fingerprint density at radius 3 is 2.79 bits per heavy atom. The van der Waals surface area contributed by atoms with Gasteiger partial charge in [-0.1, -0.05) is 11.8 Å². The van der Waals surface area contributed by atoms with Crippen molar-refractivity contribution >= 4 is 5.91 Å². The lowest BCUT2D eigenvalue weighted by molar-refractivity contribution is 0.0802. The fraction of sp³-hybridized carbons (Fsp3) is 0.400. The summed E-state index contributed by atoms with van der Waals surface area (Å²) in [7, 11) is 3.32. The van der Waals surface area contributed by atoms with Gasteiger partial charge in [0.25, 0.3) is 5.91 Å².